The Labute approximate surface area is 80.6 Å². The molecule has 8 heteroatoms. The molecule has 2 amide bonds. The normalized spacial score (nSPS) is 9.86. The first-order valence-electron chi connectivity index (χ1n) is 3.99. The number of urea groups is 1. The largest absolute Gasteiger partial charge is 0.383 e. The van der Waals surface area contributed by atoms with E-state index in [1.54, 1.807) is 14.2 Å². The summed E-state index contributed by atoms with van der Waals surface area (Å²) >= 11 is 0. The van der Waals surface area contributed by atoms with Crippen molar-refractivity contribution in [2.24, 2.45) is 0 Å². The minimum atomic E-state index is -0.291. The Hall–Kier alpha value is -1.70. The fourth-order valence-corrected chi connectivity index (χ4v) is 0.739. The fraction of sp³-hybridized carbons (Fsp3) is 0.667. The summed E-state index contributed by atoms with van der Waals surface area (Å²) in [6.45, 7) is 0.989. The second-order valence-corrected chi connectivity index (χ2v) is 2.59. The Morgan fingerprint density at radius 1 is 1.71 bits per heavy atom. The zero-order valence-electron chi connectivity index (χ0n) is 8.02. The molecule has 0 saturated carbocycles. The van der Waals surface area contributed by atoms with Gasteiger partial charge in [-0.1, -0.05) is 5.10 Å². The van der Waals surface area contributed by atoms with Crippen LogP contribution in [0, 0.1) is 0 Å². The molecule has 0 saturated heterocycles. The number of nitrogens with zero attached hydrogens (tertiary/aromatic N) is 4. The first kappa shape index (κ1) is 10.4. The lowest BCUT2D eigenvalue weighted by molar-refractivity contribution is 0.165. The highest BCUT2D eigenvalue weighted by atomic mass is 16.5. The van der Waals surface area contributed by atoms with Gasteiger partial charge in [-0.05, 0) is 10.4 Å². The van der Waals surface area contributed by atoms with E-state index in [4.69, 9.17) is 4.74 Å². The topological polar surface area (TPSA) is 96.0 Å². The number of carbonyl (C=O) groups is 1. The molecule has 0 bridgehead atoms. The lowest BCUT2D eigenvalue weighted by Gasteiger charge is -2.15. The highest BCUT2D eigenvalue weighted by molar-refractivity contribution is 5.86. The molecule has 0 aliphatic carbocycles. The number of amides is 2. The number of ether oxygens (including phenoxy) is 1. The molecule has 78 valence electrons. The quantitative estimate of drug-likeness (QED) is 0.670. The van der Waals surface area contributed by atoms with E-state index >= 15 is 0 Å². The molecule has 1 aromatic rings. The van der Waals surface area contributed by atoms with Gasteiger partial charge in [0.15, 0.2) is 0 Å². The van der Waals surface area contributed by atoms with Crippen LogP contribution in [0.4, 0.5) is 10.7 Å². The van der Waals surface area contributed by atoms with Gasteiger partial charge in [-0.2, -0.15) is 0 Å². The number of aromatic nitrogens is 4. The fourth-order valence-electron chi connectivity index (χ4n) is 0.739. The Morgan fingerprint density at radius 3 is 3.07 bits per heavy atom. The number of likely N-dealkylation sites (N-methyl/N-ethyl adjacent to an activating group) is 1. The van der Waals surface area contributed by atoms with Crippen molar-refractivity contribution in [3.8, 4) is 0 Å². The van der Waals surface area contributed by atoms with Gasteiger partial charge in [0, 0.05) is 20.7 Å². The van der Waals surface area contributed by atoms with Crippen LogP contribution in [0.1, 0.15) is 0 Å². The van der Waals surface area contributed by atoms with Crippen molar-refractivity contribution in [2.45, 2.75) is 0 Å². The van der Waals surface area contributed by atoms with E-state index in [0.717, 1.165) is 0 Å². The number of rotatable bonds is 4. The van der Waals surface area contributed by atoms with Gasteiger partial charge in [0.1, 0.15) is 0 Å². The molecule has 0 radical (unpaired) electrons. The van der Waals surface area contributed by atoms with Crippen molar-refractivity contribution in [3.63, 3.8) is 0 Å². The van der Waals surface area contributed by atoms with E-state index in [2.05, 4.69) is 25.9 Å². The van der Waals surface area contributed by atoms with E-state index in [-0.39, 0.29) is 12.0 Å². The molecule has 1 heterocycles. The van der Waals surface area contributed by atoms with Gasteiger partial charge < -0.3 is 9.64 Å². The molecule has 0 aliphatic rings. The highest BCUT2D eigenvalue weighted by Crippen LogP contribution is 1.94. The summed E-state index contributed by atoms with van der Waals surface area (Å²) in [5.74, 6) is 0.222. The van der Waals surface area contributed by atoms with Gasteiger partial charge in [0.2, 0.25) is 5.95 Å². The molecule has 8 nitrogen and oxygen atoms in total. The minimum Gasteiger partial charge on any atom is -0.383 e. The minimum absolute atomic E-state index is 0.222. The monoisotopic (exact) mass is 200 g/mol. The van der Waals surface area contributed by atoms with Crippen molar-refractivity contribution in [2.75, 3.05) is 32.6 Å². The first-order chi connectivity index (χ1) is 6.74. The van der Waals surface area contributed by atoms with E-state index in [1.165, 1.54) is 4.90 Å². The summed E-state index contributed by atoms with van der Waals surface area (Å²) in [7, 11) is 3.23. The Balaban J connectivity index is 2.34. The molecule has 2 N–H and O–H groups in total. The van der Waals surface area contributed by atoms with Crippen LogP contribution in [0.2, 0.25) is 0 Å². The predicted octanol–water partition coefficient (Wildman–Crippen LogP) is -0.690. The average molecular weight is 200 g/mol. The maximum atomic E-state index is 11.4. The molecule has 1 rings (SSSR count). The third-order valence-electron chi connectivity index (χ3n) is 1.55. The van der Waals surface area contributed by atoms with Crippen LogP contribution in [-0.4, -0.2) is 58.9 Å². The van der Waals surface area contributed by atoms with Crippen molar-refractivity contribution in [3.05, 3.63) is 0 Å². The van der Waals surface area contributed by atoms with Crippen molar-refractivity contribution in [1.29, 1.82) is 0 Å². The highest BCUT2D eigenvalue weighted by Gasteiger charge is 2.09. The number of tetrazole rings is 1. The number of hydrogen-bond acceptors (Lipinski definition) is 5. The summed E-state index contributed by atoms with van der Waals surface area (Å²) in [5.41, 5.74) is 0. The van der Waals surface area contributed by atoms with Gasteiger partial charge in [-0.25, -0.2) is 9.89 Å². The molecule has 14 heavy (non-hydrogen) atoms. The lowest BCUT2D eigenvalue weighted by Crippen LogP contribution is -2.34. The zero-order valence-corrected chi connectivity index (χ0v) is 8.02. The molecule has 0 aromatic carbocycles. The molecule has 0 spiro atoms. The summed E-state index contributed by atoms with van der Waals surface area (Å²) in [6.07, 6.45) is 0. The van der Waals surface area contributed by atoms with Gasteiger partial charge in [-0.15, -0.1) is 0 Å². The number of carbonyl (C=O) groups excluding carboxylic acids is 1. The predicted molar refractivity (Wildman–Crippen MR) is 47.7 cm³/mol. The van der Waals surface area contributed by atoms with Crippen LogP contribution < -0.4 is 5.32 Å². The summed E-state index contributed by atoms with van der Waals surface area (Å²) in [5, 5.41) is 15.0. The summed E-state index contributed by atoms with van der Waals surface area (Å²) in [4.78, 5) is 12.8. The average Bonchev–Trinajstić information content (AvgIpc) is 2.66. The molecule has 1 aromatic heterocycles. The Kier molecular flexibility index (Phi) is 3.80. The molecule has 0 atom stereocenters. The van der Waals surface area contributed by atoms with Crippen molar-refractivity contribution in [1.82, 2.24) is 25.5 Å². The van der Waals surface area contributed by atoms with E-state index in [0.29, 0.717) is 13.2 Å². The molecule has 0 fully saturated rings. The summed E-state index contributed by atoms with van der Waals surface area (Å²) < 4.78 is 4.83. The van der Waals surface area contributed by atoms with Gasteiger partial charge in [-0.3, -0.25) is 5.32 Å². The number of H-pyrrole nitrogens is 1. The van der Waals surface area contributed by atoms with Crippen LogP contribution in [0.25, 0.3) is 0 Å². The standard InChI is InChI=1S/C6H12N6O2/c1-12(3-4-14-2)6(13)7-5-8-10-11-9-5/h3-4H2,1-2H3,(H2,7,8,9,10,11,13). The van der Waals surface area contributed by atoms with Crippen molar-refractivity contribution >= 4 is 12.0 Å². The molecule has 0 aliphatic heterocycles. The second kappa shape index (κ2) is 5.12. The summed E-state index contributed by atoms with van der Waals surface area (Å²) in [6, 6.07) is -0.291. The second-order valence-electron chi connectivity index (χ2n) is 2.59. The Morgan fingerprint density at radius 2 is 2.50 bits per heavy atom. The Bertz CT molecular complexity index is 274. The lowest BCUT2D eigenvalue weighted by atomic mass is 10.6. The van der Waals surface area contributed by atoms with E-state index < -0.39 is 0 Å². The molecular formula is C6H12N6O2. The van der Waals surface area contributed by atoms with Crippen LogP contribution in [0.5, 0.6) is 0 Å². The number of anilines is 1. The maximum Gasteiger partial charge on any atom is 0.324 e. The van der Waals surface area contributed by atoms with Crippen molar-refractivity contribution < 1.29 is 9.53 Å². The number of hydrogen-bond donors (Lipinski definition) is 2. The molecule has 0 unspecified atom stereocenters. The molecular weight excluding hydrogens is 188 g/mol. The van der Waals surface area contributed by atoms with Gasteiger partial charge in [0.25, 0.3) is 0 Å². The van der Waals surface area contributed by atoms with E-state index in [9.17, 15) is 4.79 Å². The smallest absolute Gasteiger partial charge is 0.324 e. The van der Waals surface area contributed by atoms with Crippen LogP contribution in [-0.2, 0) is 4.74 Å². The van der Waals surface area contributed by atoms with Crippen LogP contribution in [0.15, 0.2) is 0 Å². The number of methoxy groups -OCH3 is 1. The third kappa shape index (κ3) is 2.98. The van der Waals surface area contributed by atoms with E-state index in [1.807, 2.05) is 0 Å². The van der Waals surface area contributed by atoms with Gasteiger partial charge in [0.05, 0.1) is 6.61 Å². The van der Waals surface area contributed by atoms with Gasteiger partial charge >= 0.3 is 6.03 Å². The number of aromatic amines is 1. The zero-order chi connectivity index (χ0) is 10.4. The van der Waals surface area contributed by atoms with Crippen LogP contribution in [0.3, 0.4) is 0 Å². The number of nitrogens with one attached hydrogen (secondary N) is 2. The first-order valence-corrected chi connectivity index (χ1v) is 3.99. The maximum absolute atomic E-state index is 11.4. The third-order valence-corrected chi connectivity index (χ3v) is 1.55. The van der Waals surface area contributed by atoms with Crippen LogP contribution >= 0.6 is 0 Å². The SMILES string of the molecule is COCCN(C)C(=O)Nc1nnn[nH]1.